The third-order valence-electron chi connectivity index (χ3n) is 5.57. The number of likely N-dealkylation sites (N-methyl/N-ethyl adjacent to an activating group) is 1. The van der Waals surface area contributed by atoms with E-state index in [0.717, 1.165) is 16.9 Å². The smallest absolute Gasteiger partial charge is 0.339 e. The number of methoxy groups -OCH3 is 1. The van der Waals surface area contributed by atoms with Crippen molar-refractivity contribution in [3.05, 3.63) is 114 Å². The maximum atomic E-state index is 12.6. The largest absolute Gasteiger partial charge is 0.489 e. The summed E-state index contributed by atoms with van der Waals surface area (Å²) < 4.78 is 16.6. The molecule has 7 nitrogen and oxygen atoms in total. The first-order valence-electron chi connectivity index (χ1n) is 11.5. The maximum Gasteiger partial charge on any atom is 0.339 e. The van der Waals surface area contributed by atoms with Crippen LogP contribution in [0, 0.1) is 0 Å². The van der Waals surface area contributed by atoms with Crippen LogP contribution in [-0.4, -0.2) is 37.5 Å². The van der Waals surface area contributed by atoms with Crippen LogP contribution in [0.3, 0.4) is 0 Å². The molecule has 0 saturated heterocycles. The van der Waals surface area contributed by atoms with E-state index in [1.165, 1.54) is 7.11 Å². The molecule has 1 amide bonds. The Bertz CT molecular complexity index is 1270. The van der Waals surface area contributed by atoms with Crippen LogP contribution in [0.4, 0.5) is 5.69 Å². The second-order valence-corrected chi connectivity index (χ2v) is 8.30. The lowest BCUT2D eigenvalue weighted by Crippen LogP contribution is -2.28. The molecule has 0 atom stereocenters. The molecular weight excluding hydrogens is 456 g/mol. The summed E-state index contributed by atoms with van der Waals surface area (Å²) in [6.45, 7) is 1.04. The summed E-state index contributed by atoms with van der Waals surface area (Å²) >= 11 is 0. The minimum Gasteiger partial charge on any atom is -0.489 e. The Balaban J connectivity index is 1.32. The van der Waals surface area contributed by atoms with E-state index in [2.05, 4.69) is 5.32 Å². The molecule has 4 rings (SSSR count). The number of amides is 1. The number of ether oxygens (including phenoxy) is 3. The molecular formula is C29H28N2O5. The molecule has 1 aliphatic heterocycles. The van der Waals surface area contributed by atoms with Gasteiger partial charge >= 0.3 is 5.97 Å². The van der Waals surface area contributed by atoms with Crippen LogP contribution in [0.25, 0.3) is 0 Å². The molecule has 0 fully saturated rings. The molecule has 0 aromatic heterocycles. The lowest BCUT2D eigenvalue weighted by Gasteiger charge is -2.26. The van der Waals surface area contributed by atoms with Crippen LogP contribution in [0.1, 0.15) is 22.3 Å². The summed E-state index contributed by atoms with van der Waals surface area (Å²) in [5.74, 6) is 1.42. The fourth-order valence-electron chi connectivity index (χ4n) is 3.72. The summed E-state index contributed by atoms with van der Waals surface area (Å²) in [6.07, 6.45) is 3.92. The minimum absolute atomic E-state index is 0.192. The third-order valence-corrected chi connectivity index (χ3v) is 5.57. The van der Waals surface area contributed by atoms with Gasteiger partial charge in [0.05, 0.1) is 18.4 Å². The van der Waals surface area contributed by atoms with E-state index in [-0.39, 0.29) is 12.3 Å². The van der Waals surface area contributed by atoms with Gasteiger partial charge in [0.25, 0.3) is 0 Å². The van der Waals surface area contributed by atoms with E-state index >= 15 is 0 Å². The first-order valence-corrected chi connectivity index (χ1v) is 11.5. The Hall–Kier alpha value is -4.52. The summed E-state index contributed by atoms with van der Waals surface area (Å²) in [6, 6.07) is 24.2. The summed E-state index contributed by atoms with van der Waals surface area (Å²) in [7, 11) is 3.21. The van der Waals surface area contributed by atoms with Gasteiger partial charge in [0, 0.05) is 20.0 Å². The van der Waals surface area contributed by atoms with Crippen molar-refractivity contribution in [2.24, 2.45) is 0 Å². The molecule has 1 aliphatic rings. The lowest BCUT2D eigenvalue weighted by atomic mass is 10.1. The number of hydrogen-bond acceptors (Lipinski definition) is 6. The summed E-state index contributed by atoms with van der Waals surface area (Å²) in [4.78, 5) is 26.5. The summed E-state index contributed by atoms with van der Waals surface area (Å²) in [5, 5.41) is 2.80. The average Bonchev–Trinajstić information content (AvgIpc) is 2.90. The van der Waals surface area contributed by atoms with E-state index in [0.29, 0.717) is 36.0 Å². The highest BCUT2D eigenvalue weighted by Gasteiger charge is 2.18. The second kappa shape index (κ2) is 11.8. The topological polar surface area (TPSA) is 77.1 Å². The number of nitrogens with zero attached hydrogens (tertiary/aromatic N) is 1. The number of hydrogen-bond donors (Lipinski definition) is 1. The molecule has 0 bridgehead atoms. The molecule has 184 valence electrons. The van der Waals surface area contributed by atoms with Crippen LogP contribution in [0.5, 0.6) is 11.5 Å². The fraction of sp³-hybridized carbons (Fsp3) is 0.172. The van der Waals surface area contributed by atoms with Gasteiger partial charge in [0.15, 0.2) is 5.88 Å². The van der Waals surface area contributed by atoms with Crippen molar-refractivity contribution in [3.63, 3.8) is 0 Å². The molecule has 0 radical (unpaired) electrons. The van der Waals surface area contributed by atoms with Crippen molar-refractivity contribution < 1.29 is 23.8 Å². The minimum atomic E-state index is -0.497. The van der Waals surface area contributed by atoms with Crippen molar-refractivity contribution in [3.8, 4) is 11.5 Å². The van der Waals surface area contributed by atoms with Crippen LogP contribution in [0.2, 0.25) is 0 Å². The SMILES string of the molecule is COC(=O)c1ccccc1NC(=O)CC1=CC=C(Oc2ccc(OCc3ccccc3)cc2)N(C)C1. The van der Waals surface area contributed by atoms with E-state index in [4.69, 9.17) is 14.2 Å². The predicted molar refractivity (Wildman–Crippen MR) is 138 cm³/mol. The zero-order valence-corrected chi connectivity index (χ0v) is 20.3. The normalized spacial score (nSPS) is 12.8. The third kappa shape index (κ3) is 6.54. The number of anilines is 1. The van der Waals surface area contributed by atoms with Gasteiger partial charge in [0.1, 0.15) is 18.1 Å². The second-order valence-electron chi connectivity index (χ2n) is 8.30. The average molecular weight is 485 g/mol. The molecule has 3 aromatic rings. The number of carbonyl (C=O) groups excluding carboxylic acids is 2. The van der Waals surface area contributed by atoms with Crippen LogP contribution in [0.15, 0.2) is 102 Å². The van der Waals surface area contributed by atoms with E-state index in [1.807, 2.05) is 78.7 Å². The number of carbonyl (C=O) groups is 2. The number of allylic oxidation sites excluding steroid dienone is 2. The van der Waals surface area contributed by atoms with Crippen LogP contribution < -0.4 is 14.8 Å². The van der Waals surface area contributed by atoms with Gasteiger partial charge < -0.3 is 24.4 Å². The van der Waals surface area contributed by atoms with Crippen LogP contribution >= 0.6 is 0 Å². The molecule has 1 heterocycles. The van der Waals surface area contributed by atoms with Gasteiger partial charge in [-0.1, -0.05) is 48.5 Å². The number of nitrogens with one attached hydrogen (secondary N) is 1. The van der Waals surface area contributed by atoms with Crippen molar-refractivity contribution >= 4 is 17.6 Å². The molecule has 0 unspecified atom stereocenters. The van der Waals surface area contributed by atoms with Gasteiger partial charge in [-0.15, -0.1) is 0 Å². The monoisotopic (exact) mass is 484 g/mol. The van der Waals surface area contributed by atoms with Crippen molar-refractivity contribution in [2.75, 3.05) is 26.0 Å². The van der Waals surface area contributed by atoms with Gasteiger partial charge in [-0.2, -0.15) is 0 Å². The molecule has 3 aromatic carbocycles. The Kier molecular flexibility index (Phi) is 8.03. The van der Waals surface area contributed by atoms with Gasteiger partial charge in [-0.3, -0.25) is 4.79 Å². The summed E-state index contributed by atoms with van der Waals surface area (Å²) in [5.41, 5.74) is 2.77. The standard InChI is InChI=1S/C29H28N2O5/c1-31-19-22(18-27(32)30-26-11-7-6-10-25(26)29(33)34-2)12-17-28(31)36-24-15-13-23(14-16-24)35-20-21-8-4-3-5-9-21/h3-17H,18-20H2,1-2H3,(H,30,32). The van der Waals surface area contributed by atoms with E-state index < -0.39 is 5.97 Å². The number of esters is 1. The molecule has 0 saturated carbocycles. The Morgan fingerprint density at radius 3 is 2.31 bits per heavy atom. The van der Waals surface area contributed by atoms with Crippen molar-refractivity contribution in [2.45, 2.75) is 13.0 Å². The highest BCUT2D eigenvalue weighted by molar-refractivity contribution is 6.01. The first-order chi connectivity index (χ1) is 17.5. The first kappa shape index (κ1) is 24.6. The highest BCUT2D eigenvalue weighted by atomic mass is 16.5. The fourth-order valence-corrected chi connectivity index (χ4v) is 3.72. The lowest BCUT2D eigenvalue weighted by molar-refractivity contribution is -0.115. The zero-order chi connectivity index (χ0) is 25.3. The number of benzene rings is 3. The quantitative estimate of drug-likeness (QED) is 0.422. The number of rotatable bonds is 9. The molecule has 0 aliphatic carbocycles. The molecule has 36 heavy (non-hydrogen) atoms. The Labute approximate surface area is 210 Å². The van der Waals surface area contributed by atoms with Crippen molar-refractivity contribution in [1.82, 2.24) is 4.90 Å². The Morgan fingerprint density at radius 2 is 1.58 bits per heavy atom. The highest BCUT2D eigenvalue weighted by Crippen LogP contribution is 2.24. The Morgan fingerprint density at radius 1 is 0.889 bits per heavy atom. The van der Waals surface area contributed by atoms with Crippen molar-refractivity contribution in [1.29, 1.82) is 0 Å². The predicted octanol–water partition coefficient (Wildman–Crippen LogP) is 5.17. The zero-order valence-electron chi connectivity index (χ0n) is 20.3. The maximum absolute atomic E-state index is 12.6. The van der Waals surface area contributed by atoms with Gasteiger partial charge in [0.2, 0.25) is 5.91 Å². The number of para-hydroxylation sites is 1. The van der Waals surface area contributed by atoms with E-state index in [1.54, 1.807) is 24.3 Å². The van der Waals surface area contributed by atoms with Gasteiger partial charge in [-0.05, 0) is 53.6 Å². The van der Waals surface area contributed by atoms with Gasteiger partial charge in [-0.25, -0.2) is 4.79 Å². The van der Waals surface area contributed by atoms with Crippen LogP contribution in [-0.2, 0) is 16.1 Å². The molecule has 0 spiro atoms. The van der Waals surface area contributed by atoms with E-state index in [9.17, 15) is 9.59 Å². The molecule has 1 N–H and O–H groups in total. The molecule has 7 heteroatoms.